The van der Waals surface area contributed by atoms with Gasteiger partial charge in [0.25, 0.3) is 0 Å². The molecule has 0 bridgehead atoms. The molecule has 10 heteroatoms. The molecule has 0 aliphatic rings. The number of amides is 1. The van der Waals surface area contributed by atoms with Crippen LogP contribution in [0.2, 0.25) is 10.0 Å². The first-order chi connectivity index (χ1) is 14.0. The van der Waals surface area contributed by atoms with E-state index < -0.39 is 0 Å². The first-order valence-corrected chi connectivity index (χ1v) is 10.2. The van der Waals surface area contributed by atoms with Crippen LogP contribution in [0.1, 0.15) is 11.4 Å². The smallest absolute Gasteiger partial charge is 0.246 e. The van der Waals surface area contributed by atoms with Crippen LogP contribution in [-0.4, -0.2) is 34.4 Å². The van der Waals surface area contributed by atoms with E-state index in [1.807, 2.05) is 0 Å². The number of rotatable bonds is 8. The van der Waals surface area contributed by atoms with Crippen molar-refractivity contribution in [2.75, 3.05) is 13.7 Å². The summed E-state index contributed by atoms with van der Waals surface area (Å²) in [6.45, 7) is 0.0905. The lowest BCUT2D eigenvalue weighted by Gasteiger charge is -2.13. The van der Waals surface area contributed by atoms with E-state index in [4.69, 9.17) is 27.9 Å². The summed E-state index contributed by atoms with van der Waals surface area (Å²) < 4.78 is 19.7. The summed E-state index contributed by atoms with van der Waals surface area (Å²) in [4.78, 5) is 11.7. The minimum atomic E-state index is -0.288. The van der Waals surface area contributed by atoms with Gasteiger partial charge in [0.1, 0.15) is 12.4 Å². The molecule has 3 rings (SSSR count). The zero-order chi connectivity index (χ0) is 20.8. The molecule has 3 aromatic rings. The summed E-state index contributed by atoms with van der Waals surface area (Å²) >= 11 is 13.8. The molecule has 6 nitrogen and oxygen atoms in total. The highest BCUT2D eigenvalue weighted by atomic mass is 35.5. The highest BCUT2D eigenvalue weighted by Crippen LogP contribution is 2.30. The summed E-state index contributed by atoms with van der Waals surface area (Å²) in [5.41, 5.74) is 1.57. The van der Waals surface area contributed by atoms with E-state index >= 15 is 0 Å². The van der Waals surface area contributed by atoms with Crippen molar-refractivity contribution in [1.82, 2.24) is 20.1 Å². The number of hydrogen-bond donors (Lipinski definition) is 1. The number of carbonyl (C=O) groups is 1. The topological polar surface area (TPSA) is 69.0 Å². The Kier molecular flexibility index (Phi) is 7.49. The van der Waals surface area contributed by atoms with Crippen LogP contribution in [0.3, 0.4) is 0 Å². The first kappa shape index (κ1) is 21.6. The van der Waals surface area contributed by atoms with E-state index in [9.17, 15) is 9.18 Å². The first-order valence-electron chi connectivity index (χ1n) is 8.50. The Labute approximate surface area is 181 Å². The van der Waals surface area contributed by atoms with Gasteiger partial charge in [0.05, 0.1) is 17.3 Å². The lowest BCUT2D eigenvalue weighted by Crippen LogP contribution is -2.28. The zero-order valence-corrected chi connectivity index (χ0v) is 17.7. The van der Waals surface area contributed by atoms with E-state index in [0.717, 1.165) is 5.56 Å². The third kappa shape index (κ3) is 5.70. The zero-order valence-electron chi connectivity index (χ0n) is 15.4. The van der Waals surface area contributed by atoms with Crippen molar-refractivity contribution in [1.29, 1.82) is 0 Å². The normalized spacial score (nSPS) is 10.9. The molecule has 0 spiro atoms. The molecule has 0 aliphatic carbocycles. The van der Waals surface area contributed by atoms with Gasteiger partial charge in [0.2, 0.25) is 5.91 Å². The number of ether oxygens (including phenoxy) is 1. The van der Waals surface area contributed by atoms with Crippen LogP contribution >= 0.6 is 35.0 Å². The minimum Gasteiger partial charge on any atom is -0.375 e. The van der Waals surface area contributed by atoms with E-state index in [2.05, 4.69) is 15.5 Å². The van der Waals surface area contributed by atoms with Gasteiger partial charge >= 0.3 is 0 Å². The molecule has 0 aliphatic heterocycles. The predicted octanol–water partition coefficient (Wildman–Crippen LogP) is 4.27. The summed E-state index contributed by atoms with van der Waals surface area (Å²) in [6.07, 6.45) is 0. The molecule has 1 N–H and O–H groups in total. The van der Waals surface area contributed by atoms with Crippen molar-refractivity contribution in [3.05, 3.63) is 69.7 Å². The van der Waals surface area contributed by atoms with Crippen LogP contribution in [0.15, 0.2) is 47.6 Å². The van der Waals surface area contributed by atoms with Gasteiger partial charge in [-0.25, -0.2) is 4.39 Å². The maximum Gasteiger partial charge on any atom is 0.246 e. The largest absolute Gasteiger partial charge is 0.375 e. The molecule has 1 heterocycles. The Morgan fingerprint density at radius 1 is 1.21 bits per heavy atom. The third-order valence-electron chi connectivity index (χ3n) is 3.85. The molecule has 0 saturated carbocycles. The van der Waals surface area contributed by atoms with Crippen molar-refractivity contribution < 1.29 is 13.9 Å². The molecule has 0 saturated heterocycles. The second-order valence-electron chi connectivity index (χ2n) is 5.95. The molecule has 1 amide bonds. The second-order valence-corrected chi connectivity index (χ2v) is 7.74. The van der Waals surface area contributed by atoms with Crippen molar-refractivity contribution in [2.45, 2.75) is 17.5 Å². The Morgan fingerprint density at radius 3 is 2.66 bits per heavy atom. The third-order valence-corrected chi connectivity index (χ3v) is 5.39. The SMILES string of the molecule is COCC(=O)NCc1nnc(SCc2ccc(F)cc2)n1-c1ccc(Cl)cc1Cl. The summed E-state index contributed by atoms with van der Waals surface area (Å²) in [7, 11) is 1.44. The van der Waals surface area contributed by atoms with Crippen molar-refractivity contribution in [2.24, 2.45) is 0 Å². The van der Waals surface area contributed by atoms with Gasteiger partial charge in [-0.1, -0.05) is 47.1 Å². The van der Waals surface area contributed by atoms with Crippen LogP contribution in [-0.2, 0) is 21.8 Å². The maximum absolute atomic E-state index is 13.1. The fourth-order valence-electron chi connectivity index (χ4n) is 2.50. The van der Waals surface area contributed by atoms with Gasteiger partial charge in [-0.05, 0) is 35.9 Å². The Hall–Kier alpha value is -2.13. The van der Waals surface area contributed by atoms with Crippen LogP contribution in [0.4, 0.5) is 4.39 Å². The number of thioether (sulfide) groups is 1. The van der Waals surface area contributed by atoms with Gasteiger partial charge in [0, 0.05) is 17.9 Å². The number of hydrogen-bond acceptors (Lipinski definition) is 5. The lowest BCUT2D eigenvalue weighted by atomic mass is 10.2. The van der Waals surface area contributed by atoms with Crippen molar-refractivity contribution >= 4 is 40.9 Å². The molecule has 0 radical (unpaired) electrons. The van der Waals surface area contributed by atoms with Gasteiger partial charge in [-0.15, -0.1) is 10.2 Å². The quantitative estimate of drug-likeness (QED) is 0.514. The molecular formula is C19H17Cl2FN4O2S. The standard InChI is InChI=1S/C19H17Cl2FN4O2S/c1-28-10-18(27)23-9-17-24-25-19(29-11-12-2-5-14(22)6-3-12)26(17)16-7-4-13(20)8-15(16)21/h2-8H,9-11H2,1H3,(H,23,27). The number of benzene rings is 2. The number of methoxy groups -OCH3 is 1. The van der Waals surface area contributed by atoms with Crippen LogP contribution in [0.25, 0.3) is 5.69 Å². The van der Waals surface area contributed by atoms with Crippen molar-refractivity contribution in [3.63, 3.8) is 0 Å². The average Bonchev–Trinajstić information content (AvgIpc) is 3.09. The number of aromatic nitrogens is 3. The Morgan fingerprint density at radius 2 is 1.97 bits per heavy atom. The highest BCUT2D eigenvalue weighted by molar-refractivity contribution is 7.98. The average molecular weight is 455 g/mol. The molecule has 0 unspecified atom stereocenters. The van der Waals surface area contributed by atoms with E-state index in [0.29, 0.717) is 32.5 Å². The van der Waals surface area contributed by atoms with Gasteiger partial charge in [0.15, 0.2) is 11.0 Å². The fraction of sp³-hybridized carbons (Fsp3) is 0.211. The minimum absolute atomic E-state index is 0.0536. The molecule has 29 heavy (non-hydrogen) atoms. The van der Waals surface area contributed by atoms with Crippen LogP contribution in [0.5, 0.6) is 0 Å². The summed E-state index contributed by atoms with van der Waals surface area (Å²) in [5.74, 6) is 0.494. The Bertz CT molecular complexity index is 998. The van der Waals surface area contributed by atoms with E-state index in [-0.39, 0.29) is 24.9 Å². The highest BCUT2D eigenvalue weighted by Gasteiger charge is 2.18. The lowest BCUT2D eigenvalue weighted by molar-refractivity contribution is -0.124. The van der Waals surface area contributed by atoms with Crippen LogP contribution < -0.4 is 5.32 Å². The number of nitrogens with one attached hydrogen (secondary N) is 1. The van der Waals surface area contributed by atoms with E-state index in [1.54, 1.807) is 34.9 Å². The summed E-state index contributed by atoms with van der Waals surface area (Å²) in [5, 5.41) is 12.7. The predicted molar refractivity (Wildman–Crippen MR) is 111 cm³/mol. The maximum atomic E-state index is 13.1. The molecule has 0 atom stereocenters. The van der Waals surface area contributed by atoms with Gasteiger partial charge in [-0.2, -0.15) is 0 Å². The van der Waals surface area contributed by atoms with Crippen LogP contribution in [0, 0.1) is 5.82 Å². The van der Waals surface area contributed by atoms with Gasteiger partial charge < -0.3 is 10.1 Å². The Balaban J connectivity index is 1.88. The molecular weight excluding hydrogens is 438 g/mol. The molecule has 1 aromatic heterocycles. The molecule has 2 aromatic carbocycles. The number of nitrogens with zero attached hydrogens (tertiary/aromatic N) is 3. The van der Waals surface area contributed by atoms with Gasteiger partial charge in [-0.3, -0.25) is 9.36 Å². The summed E-state index contributed by atoms with van der Waals surface area (Å²) in [6, 6.07) is 11.3. The second kappa shape index (κ2) is 10.1. The van der Waals surface area contributed by atoms with Crippen molar-refractivity contribution in [3.8, 4) is 5.69 Å². The monoisotopic (exact) mass is 454 g/mol. The number of carbonyl (C=O) groups excluding carboxylic acids is 1. The molecule has 0 fully saturated rings. The fourth-order valence-corrected chi connectivity index (χ4v) is 3.91. The molecule has 152 valence electrons. The van der Waals surface area contributed by atoms with E-state index in [1.165, 1.54) is 31.0 Å². The number of halogens is 3.